The van der Waals surface area contributed by atoms with Crippen LogP contribution < -0.4 is 0 Å². The number of benzene rings is 1. The highest BCUT2D eigenvalue weighted by atomic mass is 16.5. The zero-order chi connectivity index (χ0) is 15.5. The van der Waals surface area contributed by atoms with E-state index in [1.165, 1.54) is 24.8 Å². The van der Waals surface area contributed by atoms with Crippen LogP contribution in [0.25, 0.3) is 0 Å². The predicted molar refractivity (Wildman–Crippen MR) is 89.1 cm³/mol. The number of unbranched alkanes of at least 4 members (excludes halogenated alkanes) is 2. The Morgan fingerprint density at radius 2 is 1.76 bits per heavy atom. The summed E-state index contributed by atoms with van der Waals surface area (Å²) in [5.74, 6) is 0.568. The highest BCUT2D eigenvalue weighted by molar-refractivity contribution is 5.13. The molecule has 1 aromatic carbocycles. The normalized spacial score (nSPS) is 15.4. The van der Waals surface area contributed by atoms with Gasteiger partial charge in [-0.1, -0.05) is 62.6 Å². The molecule has 0 aliphatic heterocycles. The second kappa shape index (κ2) is 10.6. The van der Waals surface area contributed by atoms with E-state index in [9.17, 15) is 5.11 Å². The molecule has 0 aliphatic carbocycles. The monoisotopic (exact) mass is 290 g/mol. The lowest BCUT2D eigenvalue weighted by Crippen LogP contribution is -2.18. The molecule has 3 atom stereocenters. The first-order valence-corrected chi connectivity index (χ1v) is 8.09. The molecule has 0 amide bonds. The van der Waals surface area contributed by atoms with Crippen molar-refractivity contribution in [3.05, 3.63) is 48.6 Å². The number of rotatable bonds is 11. The number of aliphatic hydroxyl groups excluding tert-OH is 1. The molecule has 21 heavy (non-hydrogen) atoms. The van der Waals surface area contributed by atoms with Crippen LogP contribution >= 0.6 is 0 Å². The van der Waals surface area contributed by atoms with Crippen molar-refractivity contribution in [2.75, 3.05) is 0 Å². The fourth-order valence-electron chi connectivity index (χ4n) is 2.32. The predicted octanol–water partition coefficient (Wildman–Crippen LogP) is 4.73. The van der Waals surface area contributed by atoms with Crippen LogP contribution in [0.2, 0.25) is 0 Å². The molecule has 2 nitrogen and oxygen atoms in total. The third-order valence-corrected chi connectivity index (χ3v) is 4.09. The van der Waals surface area contributed by atoms with Crippen molar-refractivity contribution in [2.45, 2.75) is 64.8 Å². The van der Waals surface area contributed by atoms with Crippen molar-refractivity contribution >= 4 is 0 Å². The maximum atomic E-state index is 9.39. The quantitative estimate of drug-likeness (QED) is 0.472. The second-order valence-corrected chi connectivity index (χ2v) is 5.92. The van der Waals surface area contributed by atoms with Gasteiger partial charge in [0.25, 0.3) is 0 Å². The average molecular weight is 290 g/mol. The van der Waals surface area contributed by atoms with Gasteiger partial charge in [0.2, 0.25) is 0 Å². The molecule has 1 rings (SSSR count). The Labute approximate surface area is 129 Å². The second-order valence-electron chi connectivity index (χ2n) is 5.92. The van der Waals surface area contributed by atoms with Crippen LogP contribution in [-0.4, -0.2) is 17.3 Å². The van der Waals surface area contributed by atoms with Crippen LogP contribution in [0.1, 0.15) is 51.5 Å². The fourth-order valence-corrected chi connectivity index (χ4v) is 2.32. The summed E-state index contributed by atoms with van der Waals surface area (Å²) in [4.78, 5) is 0. The lowest BCUT2D eigenvalue weighted by Gasteiger charge is -2.20. The van der Waals surface area contributed by atoms with Gasteiger partial charge in [0, 0.05) is 0 Å². The smallest absolute Gasteiger partial charge is 0.0720 e. The van der Waals surface area contributed by atoms with E-state index in [2.05, 4.69) is 32.6 Å². The van der Waals surface area contributed by atoms with Gasteiger partial charge in [-0.15, -0.1) is 6.58 Å². The summed E-state index contributed by atoms with van der Waals surface area (Å²) in [6.07, 6.45) is 7.00. The van der Waals surface area contributed by atoms with Gasteiger partial charge >= 0.3 is 0 Å². The molecule has 0 heterocycles. The van der Waals surface area contributed by atoms with E-state index in [0.717, 1.165) is 12.8 Å². The van der Waals surface area contributed by atoms with Crippen molar-refractivity contribution in [1.82, 2.24) is 0 Å². The molecule has 0 bridgehead atoms. The Morgan fingerprint density at radius 1 is 1.10 bits per heavy atom. The molecule has 0 spiro atoms. The Bertz CT molecular complexity index is 374. The van der Waals surface area contributed by atoms with E-state index < -0.39 is 0 Å². The molecule has 0 radical (unpaired) electrons. The van der Waals surface area contributed by atoms with Crippen molar-refractivity contribution in [1.29, 1.82) is 0 Å². The molecule has 1 aromatic rings. The third-order valence-electron chi connectivity index (χ3n) is 4.09. The lowest BCUT2D eigenvalue weighted by molar-refractivity contribution is 0.0154. The molecule has 0 saturated heterocycles. The zero-order valence-electron chi connectivity index (χ0n) is 13.5. The summed E-state index contributed by atoms with van der Waals surface area (Å²) in [5.41, 5.74) is 1.23. The first-order chi connectivity index (χ1) is 10.1. The van der Waals surface area contributed by atoms with Crippen LogP contribution in [0.3, 0.4) is 0 Å². The Hall–Kier alpha value is -1.12. The molecular formula is C19H30O2. The first kappa shape index (κ1) is 17.9. The van der Waals surface area contributed by atoms with Gasteiger partial charge < -0.3 is 9.84 Å². The fraction of sp³-hybridized carbons (Fsp3) is 0.579. The molecule has 0 aliphatic rings. The van der Waals surface area contributed by atoms with Crippen molar-refractivity contribution < 1.29 is 9.84 Å². The molecular weight excluding hydrogens is 260 g/mol. The molecule has 0 unspecified atom stereocenters. The van der Waals surface area contributed by atoms with E-state index in [1.807, 2.05) is 18.2 Å². The van der Waals surface area contributed by atoms with E-state index in [4.69, 9.17) is 4.74 Å². The summed E-state index contributed by atoms with van der Waals surface area (Å²) in [5, 5.41) is 9.39. The van der Waals surface area contributed by atoms with E-state index >= 15 is 0 Å². The van der Waals surface area contributed by atoms with Gasteiger partial charge in [0.1, 0.15) is 0 Å². The van der Waals surface area contributed by atoms with Gasteiger partial charge in [0.05, 0.1) is 18.8 Å². The van der Waals surface area contributed by atoms with Crippen LogP contribution in [0.15, 0.2) is 43.0 Å². The van der Waals surface area contributed by atoms with Crippen molar-refractivity contribution in [3.63, 3.8) is 0 Å². The van der Waals surface area contributed by atoms with Crippen LogP contribution in [0.5, 0.6) is 0 Å². The van der Waals surface area contributed by atoms with E-state index in [0.29, 0.717) is 12.5 Å². The summed E-state index contributed by atoms with van der Waals surface area (Å²) in [6.45, 7) is 8.70. The topological polar surface area (TPSA) is 29.5 Å². The minimum Gasteiger partial charge on any atom is -0.389 e. The largest absolute Gasteiger partial charge is 0.389 e. The Balaban J connectivity index is 2.10. The Morgan fingerprint density at radius 3 is 2.43 bits per heavy atom. The van der Waals surface area contributed by atoms with E-state index in [-0.39, 0.29) is 12.2 Å². The summed E-state index contributed by atoms with van der Waals surface area (Å²) >= 11 is 0. The number of aliphatic hydroxyl groups is 1. The zero-order valence-corrected chi connectivity index (χ0v) is 13.5. The first-order valence-electron chi connectivity index (χ1n) is 8.09. The molecule has 0 aromatic heterocycles. The minimum absolute atomic E-state index is 0.281. The van der Waals surface area contributed by atoms with Crippen LogP contribution in [-0.2, 0) is 11.3 Å². The standard InChI is InChI=1S/C19H30O2/c1-4-19(20)14-10-5-7-11-16(2)17(3)21-15-18-12-8-6-9-13-18/h4,6,8-9,12-13,16-17,19-20H,1,5,7,10-11,14-15H2,2-3H3/t16-,17+,19+/m0/s1. The summed E-state index contributed by atoms with van der Waals surface area (Å²) < 4.78 is 5.95. The highest BCUT2D eigenvalue weighted by Gasteiger charge is 2.12. The SMILES string of the molecule is C=C[C@@H](O)CCCCC[C@H](C)[C@@H](C)OCc1ccccc1. The van der Waals surface area contributed by atoms with E-state index in [1.54, 1.807) is 6.08 Å². The highest BCUT2D eigenvalue weighted by Crippen LogP contribution is 2.18. The third kappa shape index (κ3) is 8.03. The van der Waals surface area contributed by atoms with Crippen LogP contribution in [0, 0.1) is 5.92 Å². The average Bonchev–Trinajstić information content (AvgIpc) is 2.52. The van der Waals surface area contributed by atoms with Gasteiger partial charge in [-0.2, -0.15) is 0 Å². The van der Waals surface area contributed by atoms with Gasteiger partial charge in [-0.05, 0) is 31.2 Å². The molecule has 0 saturated carbocycles. The molecule has 2 heteroatoms. The van der Waals surface area contributed by atoms with Gasteiger partial charge in [-0.3, -0.25) is 0 Å². The summed E-state index contributed by atoms with van der Waals surface area (Å²) in [6, 6.07) is 10.3. The minimum atomic E-state index is -0.337. The van der Waals surface area contributed by atoms with Gasteiger partial charge in [-0.25, -0.2) is 0 Å². The lowest BCUT2D eigenvalue weighted by atomic mass is 9.97. The molecule has 118 valence electrons. The maximum Gasteiger partial charge on any atom is 0.0720 e. The summed E-state index contributed by atoms with van der Waals surface area (Å²) in [7, 11) is 0. The number of hydrogen-bond acceptors (Lipinski definition) is 2. The molecule has 0 fully saturated rings. The Kier molecular flexibility index (Phi) is 9.04. The molecule has 1 N–H and O–H groups in total. The van der Waals surface area contributed by atoms with Crippen molar-refractivity contribution in [3.8, 4) is 0 Å². The number of ether oxygens (including phenoxy) is 1. The van der Waals surface area contributed by atoms with Crippen molar-refractivity contribution in [2.24, 2.45) is 5.92 Å². The van der Waals surface area contributed by atoms with Gasteiger partial charge in [0.15, 0.2) is 0 Å². The number of hydrogen-bond donors (Lipinski definition) is 1. The maximum absolute atomic E-state index is 9.39. The van der Waals surface area contributed by atoms with Crippen LogP contribution in [0.4, 0.5) is 0 Å².